The lowest BCUT2D eigenvalue weighted by atomic mass is 10.1. The van der Waals surface area contributed by atoms with E-state index in [1.54, 1.807) is 11.3 Å². The number of aryl methyl sites for hydroxylation is 2. The van der Waals surface area contributed by atoms with Crippen LogP contribution < -0.4 is 5.73 Å². The average molecular weight is 314 g/mol. The summed E-state index contributed by atoms with van der Waals surface area (Å²) in [5, 5.41) is 3.26. The molecule has 116 valence electrons. The largest absolute Gasteiger partial charge is 0.370 e. The average Bonchev–Trinajstić information content (AvgIpc) is 3.30. The van der Waals surface area contributed by atoms with Crippen LogP contribution in [0.5, 0.6) is 0 Å². The normalized spacial score (nSPS) is 15.0. The summed E-state index contributed by atoms with van der Waals surface area (Å²) in [6.07, 6.45) is 4.47. The van der Waals surface area contributed by atoms with Crippen LogP contribution in [0.15, 0.2) is 40.7 Å². The Morgan fingerprint density at radius 2 is 2.09 bits per heavy atom. The number of hydrogen-bond donors (Lipinski definition) is 1. The minimum absolute atomic E-state index is 0.574. The summed E-state index contributed by atoms with van der Waals surface area (Å²) in [5.41, 5.74) is 8.37. The van der Waals surface area contributed by atoms with E-state index in [0.29, 0.717) is 18.5 Å². The van der Waals surface area contributed by atoms with Crippen LogP contribution in [0.1, 0.15) is 29.1 Å². The van der Waals surface area contributed by atoms with Crippen LogP contribution in [0.2, 0.25) is 0 Å². The van der Waals surface area contributed by atoms with Gasteiger partial charge in [0.15, 0.2) is 5.96 Å². The van der Waals surface area contributed by atoms with Crippen LogP contribution in [0.3, 0.4) is 0 Å². The van der Waals surface area contributed by atoms with Crippen LogP contribution in [-0.2, 0) is 19.4 Å². The molecule has 3 rings (SSSR count). The first-order valence-electron chi connectivity index (χ1n) is 7.72. The molecule has 0 atom stereocenters. The molecule has 1 fully saturated rings. The lowest BCUT2D eigenvalue weighted by Crippen LogP contribution is -2.35. The van der Waals surface area contributed by atoms with Gasteiger partial charge in [-0.15, -0.1) is 11.3 Å². The summed E-state index contributed by atoms with van der Waals surface area (Å²) >= 11 is 1.71. The van der Waals surface area contributed by atoms with Crippen molar-refractivity contribution < 1.29 is 0 Å². The third kappa shape index (κ3) is 4.07. The van der Waals surface area contributed by atoms with E-state index in [4.69, 9.17) is 5.73 Å². The highest BCUT2D eigenvalue weighted by Gasteiger charge is 2.27. The van der Waals surface area contributed by atoms with Gasteiger partial charge in [0.2, 0.25) is 0 Å². The van der Waals surface area contributed by atoms with E-state index >= 15 is 0 Å². The van der Waals surface area contributed by atoms with Crippen LogP contribution >= 0.6 is 11.3 Å². The van der Waals surface area contributed by atoms with E-state index < -0.39 is 0 Å². The van der Waals surface area contributed by atoms with Gasteiger partial charge in [0, 0.05) is 24.9 Å². The molecular weight excluding hydrogens is 292 g/mol. The molecule has 1 aliphatic rings. The summed E-state index contributed by atoms with van der Waals surface area (Å²) in [5.74, 6) is 0.626. The predicted octanol–water partition coefficient (Wildman–Crippen LogP) is 2.84. The van der Waals surface area contributed by atoms with Crippen molar-refractivity contribution in [1.29, 1.82) is 0 Å². The van der Waals surface area contributed by atoms with Crippen molar-refractivity contribution in [2.45, 2.75) is 38.3 Å². The summed E-state index contributed by atoms with van der Waals surface area (Å²) in [7, 11) is 2.02. The molecule has 0 saturated heterocycles. The molecule has 0 bridgehead atoms. The van der Waals surface area contributed by atoms with Gasteiger partial charge in [0.05, 0.1) is 17.2 Å². The first-order chi connectivity index (χ1) is 10.7. The molecule has 5 heteroatoms. The summed E-state index contributed by atoms with van der Waals surface area (Å²) < 4.78 is 0. The predicted molar refractivity (Wildman–Crippen MR) is 92.1 cm³/mol. The van der Waals surface area contributed by atoms with Crippen molar-refractivity contribution in [3.05, 3.63) is 52.0 Å². The molecule has 22 heavy (non-hydrogen) atoms. The number of guanidine groups is 1. The SMILES string of the molecule is CN(C(N)=NCc1csc(CCc2ccccc2)n1)C1CC1. The second-order valence-corrected chi connectivity index (χ2v) is 6.68. The Labute approximate surface area is 135 Å². The molecule has 0 unspecified atom stereocenters. The Hall–Kier alpha value is -1.88. The number of benzene rings is 1. The third-order valence-electron chi connectivity index (χ3n) is 3.93. The van der Waals surface area contributed by atoms with Gasteiger partial charge in [-0.3, -0.25) is 0 Å². The molecular formula is C17H22N4S. The van der Waals surface area contributed by atoms with Crippen LogP contribution in [-0.4, -0.2) is 28.9 Å². The molecule has 2 aromatic rings. The molecule has 0 amide bonds. The number of rotatable bonds is 6. The van der Waals surface area contributed by atoms with Gasteiger partial charge in [-0.1, -0.05) is 30.3 Å². The van der Waals surface area contributed by atoms with Gasteiger partial charge in [0.25, 0.3) is 0 Å². The maximum atomic E-state index is 6.00. The minimum Gasteiger partial charge on any atom is -0.370 e. The summed E-state index contributed by atoms with van der Waals surface area (Å²) in [4.78, 5) is 11.2. The number of aliphatic imine (C=N–C) groups is 1. The number of hydrogen-bond acceptors (Lipinski definition) is 3. The summed E-state index contributed by atoms with van der Waals surface area (Å²) in [6.45, 7) is 0.574. The molecule has 1 aromatic carbocycles. The van der Waals surface area contributed by atoms with Crippen molar-refractivity contribution in [2.75, 3.05) is 7.05 Å². The zero-order chi connectivity index (χ0) is 15.4. The summed E-state index contributed by atoms with van der Waals surface area (Å²) in [6, 6.07) is 11.1. The van der Waals surface area contributed by atoms with Crippen molar-refractivity contribution in [2.24, 2.45) is 10.7 Å². The second-order valence-electron chi connectivity index (χ2n) is 5.73. The first-order valence-corrected chi connectivity index (χ1v) is 8.60. The highest BCUT2D eigenvalue weighted by molar-refractivity contribution is 7.09. The monoisotopic (exact) mass is 314 g/mol. The Morgan fingerprint density at radius 1 is 1.32 bits per heavy atom. The quantitative estimate of drug-likeness (QED) is 0.659. The van der Waals surface area contributed by atoms with Crippen LogP contribution in [0.25, 0.3) is 0 Å². The Morgan fingerprint density at radius 3 is 2.82 bits per heavy atom. The standard InChI is InChI=1S/C17H22N4S/c1-21(15-8-9-15)17(18)19-11-14-12-22-16(20-14)10-7-13-5-3-2-4-6-13/h2-6,12,15H,7-11H2,1H3,(H2,18,19). The number of aromatic nitrogens is 1. The van der Waals surface area contributed by atoms with E-state index in [1.165, 1.54) is 23.4 Å². The highest BCUT2D eigenvalue weighted by atomic mass is 32.1. The van der Waals surface area contributed by atoms with Gasteiger partial charge >= 0.3 is 0 Å². The van der Waals surface area contributed by atoms with E-state index in [0.717, 1.165) is 18.5 Å². The lowest BCUT2D eigenvalue weighted by Gasteiger charge is -2.16. The molecule has 1 aliphatic carbocycles. The van der Waals surface area contributed by atoms with Crippen molar-refractivity contribution in [3.63, 3.8) is 0 Å². The highest BCUT2D eigenvalue weighted by Crippen LogP contribution is 2.25. The molecule has 0 aliphatic heterocycles. The van der Waals surface area contributed by atoms with Gasteiger partial charge in [0.1, 0.15) is 0 Å². The lowest BCUT2D eigenvalue weighted by molar-refractivity contribution is 0.487. The van der Waals surface area contributed by atoms with E-state index in [-0.39, 0.29) is 0 Å². The van der Waals surface area contributed by atoms with Gasteiger partial charge in [-0.2, -0.15) is 0 Å². The Kier molecular flexibility index (Phi) is 4.73. The molecule has 1 saturated carbocycles. The van der Waals surface area contributed by atoms with E-state index in [9.17, 15) is 0 Å². The third-order valence-corrected chi connectivity index (χ3v) is 4.89. The number of thiazole rings is 1. The topological polar surface area (TPSA) is 54.5 Å². The zero-order valence-corrected chi connectivity index (χ0v) is 13.7. The number of nitrogens with two attached hydrogens (primary N) is 1. The molecule has 0 spiro atoms. The van der Waals surface area contributed by atoms with Crippen LogP contribution in [0.4, 0.5) is 0 Å². The van der Waals surface area contributed by atoms with Crippen molar-refractivity contribution in [3.8, 4) is 0 Å². The van der Waals surface area contributed by atoms with Gasteiger partial charge < -0.3 is 10.6 Å². The molecule has 4 nitrogen and oxygen atoms in total. The smallest absolute Gasteiger partial charge is 0.191 e. The van der Waals surface area contributed by atoms with Gasteiger partial charge in [-0.05, 0) is 24.8 Å². The Balaban J connectivity index is 1.51. The van der Waals surface area contributed by atoms with E-state index in [1.807, 2.05) is 13.1 Å². The van der Waals surface area contributed by atoms with Crippen LogP contribution in [0, 0.1) is 0 Å². The molecule has 1 heterocycles. The fraction of sp³-hybridized carbons (Fsp3) is 0.412. The van der Waals surface area contributed by atoms with Gasteiger partial charge in [-0.25, -0.2) is 9.98 Å². The number of nitrogens with zero attached hydrogens (tertiary/aromatic N) is 3. The fourth-order valence-corrected chi connectivity index (χ4v) is 3.14. The zero-order valence-electron chi connectivity index (χ0n) is 12.9. The maximum Gasteiger partial charge on any atom is 0.191 e. The van der Waals surface area contributed by atoms with Crippen molar-refractivity contribution in [1.82, 2.24) is 9.88 Å². The van der Waals surface area contributed by atoms with E-state index in [2.05, 4.69) is 44.5 Å². The molecule has 2 N–H and O–H groups in total. The van der Waals surface area contributed by atoms with Crippen molar-refractivity contribution >= 4 is 17.3 Å². The minimum atomic E-state index is 0.574. The molecule has 1 aromatic heterocycles. The maximum absolute atomic E-state index is 6.00. The molecule has 0 radical (unpaired) electrons. The Bertz CT molecular complexity index is 631. The second kappa shape index (κ2) is 6.92. The fourth-order valence-electron chi connectivity index (χ4n) is 2.35. The first kappa shape index (κ1) is 15.0.